The fourth-order valence-electron chi connectivity index (χ4n) is 1.34. The van der Waals surface area contributed by atoms with Crippen LogP contribution in [0.1, 0.15) is 19.8 Å². The molecule has 0 fully saturated rings. The highest BCUT2D eigenvalue weighted by atomic mass is 35.5. The largest absolute Gasteiger partial charge is 0.466 e. The fourth-order valence-corrected chi connectivity index (χ4v) is 1.51. The lowest BCUT2D eigenvalue weighted by Crippen LogP contribution is -2.31. The second-order valence-corrected chi connectivity index (χ2v) is 4.12. The van der Waals surface area contributed by atoms with Crippen molar-refractivity contribution in [1.82, 2.24) is 9.55 Å². The van der Waals surface area contributed by atoms with Gasteiger partial charge in [-0.2, -0.15) is 0 Å². The molecule has 0 unspecified atom stereocenters. The van der Waals surface area contributed by atoms with Crippen molar-refractivity contribution >= 4 is 23.4 Å². The number of hydrogen-bond acceptors (Lipinski definition) is 5. The summed E-state index contributed by atoms with van der Waals surface area (Å²) in [5, 5.41) is -0.183. The minimum atomic E-state index is -0.723. The van der Waals surface area contributed by atoms with Gasteiger partial charge < -0.3 is 4.74 Å². The average Bonchev–Trinajstić information content (AvgIpc) is 2.34. The second-order valence-electron chi connectivity index (χ2n) is 3.71. The van der Waals surface area contributed by atoms with Crippen LogP contribution in [0.4, 0.5) is 0 Å². The van der Waals surface area contributed by atoms with Crippen LogP contribution in [0.2, 0.25) is 5.02 Å². The monoisotopic (exact) mass is 288 g/mol. The van der Waals surface area contributed by atoms with Crippen molar-refractivity contribution in [2.24, 2.45) is 0 Å². The van der Waals surface area contributed by atoms with Crippen LogP contribution in [-0.2, 0) is 20.9 Å². The van der Waals surface area contributed by atoms with Crippen molar-refractivity contribution in [2.45, 2.75) is 26.3 Å². The van der Waals surface area contributed by atoms with E-state index in [0.29, 0.717) is 0 Å². The van der Waals surface area contributed by atoms with E-state index in [0.717, 1.165) is 10.8 Å². The van der Waals surface area contributed by atoms with Gasteiger partial charge in [0, 0.05) is 12.6 Å². The summed E-state index contributed by atoms with van der Waals surface area (Å²) in [6.45, 7) is 1.67. The maximum atomic E-state index is 11.6. The number of aromatic nitrogens is 2. The molecule has 104 valence electrons. The number of carbonyl (C=O) groups is 2. The first-order chi connectivity index (χ1) is 8.93. The minimum Gasteiger partial charge on any atom is -0.466 e. The lowest BCUT2D eigenvalue weighted by molar-refractivity contribution is -0.144. The number of ketones is 1. The summed E-state index contributed by atoms with van der Waals surface area (Å²) in [4.78, 5) is 47.0. The Morgan fingerprint density at radius 1 is 1.37 bits per heavy atom. The first-order valence-electron chi connectivity index (χ1n) is 5.60. The Morgan fingerprint density at radius 3 is 2.68 bits per heavy atom. The molecule has 0 aliphatic rings. The van der Waals surface area contributed by atoms with Crippen LogP contribution < -0.4 is 11.2 Å². The molecule has 19 heavy (non-hydrogen) atoms. The van der Waals surface area contributed by atoms with Gasteiger partial charge in [0.05, 0.1) is 19.6 Å². The zero-order chi connectivity index (χ0) is 14.4. The molecule has 0 atom stereocenters. The molecule has 1 N–H and O–H groups in total. The first kappa shape index (κ1) is 15.2. The Balaban J connectivity index is 2.63. The van der Waals surface area contributed by atoms with E-state index >= 15 is 0 Å². The van der Waals surface area contributed by atoms with Crippen molar-refractivity contribution in [2.75, 3.05) is 6.61 Å². The molecule has 0 aliphatic heterocycles. The Bertz CT molecular complexity index is 589. The number of rotatable bonds is 6. The third-order valence-electron chi connectivity index (χ3n) is 2.23. The molecular formula is C11H13ClN2O5. The number of nitrogens with one attached hydrogen (secondary N) is 1. The highest BCUT2D eigenvalue weighted by molar-refractivity contribution is 6.30. The molecule has 0 radical (unpaired) electrons. The molecule has 1 heterocycles. The van der Waals surface area contributed by atoms with Crippen LogP contribution in [0, 0.1) is 0 Å². The van der Waals surface area contributed by atoms with Gasteiger partial charge >= 0.3 is 11.7 Å². The molecule has 0 saturated heterocycles. The van der Waals surface area contributed by atoms with Crippen LogP contribution in [0.15, 0.2) is 15.8 Å². The van der Waals surface area contributed by atoms with E-state index in [4.69, 9.17) is 11.6 Å². The van der Waals surface area contributed by atoms with Crippen molar-refractivity contribution in [3.63, 3.8) is 0 Å². The number of esters is 1. The van der Waals surface area contributed by atoms with Crippen molar-refractivity contribution in [3.8, 4) is 0 Å². The maximum Gasteiger partial charge on any atom is 0.328 e. The Hall–Kier alpha value is -1.89. The molecule has 0 saturated carbocycles. The van der Waals surface area contributed by atoms with Gasteiger partial charge in [0.2, 0.25) is 0 Å². The maximum absolute atomic E-state index is 11.6. The standard InChI is InChI=1S/C11H13ClN2O5/c1-2-19-9(16)4-3-7(15)5-14-6-8(12)10(17)13-11(14)18/h6H,2-5H2,1H3,(H,13,17,18). The third-order valence-corrected chi connectivity index (χ3v) is 2.50. The van der Waals surface area contributed by atoms with Crippen LogP contribution >= 0.6 is 11.6 Å². The summed E-state index contributed by atoms with van der Waals surface area (Å²) in [6, 6.07) is 0. The fraction of sp³-hybridized carbons (Fsp3) is 0.455. The number of hydrogen-bond donors (Lipinski definition) is 1. The van der Waals surface area contributed by atoms with E-state index in [9.17, 15) is 19.2 Å². The van der Waals surface area contributed by atoms with E-state index in [1.54, 1.807) is 6.92 Å². The Labute approximate surface area is 113 Å². The number of nitrogens with zero attached hydrogens (tertiary/aromatic N) is 1. The summed E-state index contributed by atoms with van der Waals surface area (Å²) >= 11 is 5.55. The zero-order valence-corrected chi connectivity index (χ0v) is 11.0. The van der Waals surface area contributed by atoms with Crippen LogP contribution in [-0.4, -0.2) is 27.9 Å². The summed E-state index contributed by atoms with van der Waals surface area (Å²) in [7, 11) is 0. The van der Waals surface area contributed by atoms with Gasteiger partial charge in [0.25, 0.3) is 5.56 Å². The Morgan fingerprint density at radius 2 is 2.05 bits per heavy atom. The molecule has 7 nitrogen and oxygen atoms in total. The van der Waals surface area contributed by atoms with E-state index < -0.39 is 17.2 Å². The lowest BCUT2D eigenvalue weighted by atomic mass is 10.2. The highest BCUT2D eigenvalue weighted by Gasteiger charge is 2.10. The van der Waals surface area contributed by atoms with Gasteiger partial charge in [0.15, 0.2) is 5.78 Å². The SMILES string of the molecule is CCOC(=O)CCC(=O)Cn1cc(Cl)c(=O)[nH]c1=O. The molecular weight excluding hydrogens is 276 g/mol. The van der Waals surface area contributed by atoms with Crippen molar-refractivity contribution < 1.29 is 14.3 Å². The summed E-state index contributed by atoms with van der Waals surface area (Å²) in [6.07, 6.45) is 1.01. The normalized spacial score (nSPS) is 10.2. The highest BCUT2D eigenvalue weighted by Crippen LogP contribution is 1.99. The van der Waals surface area contributed by atoms with Crippen molar-refractivity contribution in [1.29, 1.82) is 0 Å². The van der Waals surface area contributed by atoms with Gasteiger partial charge in [0.1, 0.15) is 5.02 Å². The summed E-state index contributed by atoms with van der Waals surface area (Å²) in [5.74, 6) is -0.805. The number of aromatic amines is 1. The Kier molecular flexibility index (Phi) is 5.50. The average molecular weight is 289 g/mol. The number of ether oxygens (including phenoxy) is 1. The molecule has 1 rings (SSSR count). The van der Waals surface area contributed by atoms with E-state index in [-0.39, 0.29) is 36.8 Å². The molecule has 1 aromatic heterocycles. The van der Waals surface area contributed by atoms with Gasteiger partial charge in [-0.05, 0) is 6.92 Å². The van der Waals surface area contributed by atoms with Crippen LogP contribution in [0.25, 0.3) is 0 Å². The summed E-state index contributed by atoms with van der Waals surface area (Å²) in [5.41, 5.74) is -1.43. The number of H-pyrrole nitrogens is 1. The van der Waals surface area contributed by atoms with Crippen LogP contribution in [0.3, 0.4) is 0 Å². The number of Topliss-reactive ketones (excluding diaryl/α,β-unsaturated/α-hetero) is 1. The first-order valence-corrected chi connectivity index (χ1v) is 5.98. The van der Waals surface area contributed by atoms with Gasteiger partial charge in [-0.25, -0.2) is 4.79 Å². The molecule has 0 spiro atoms. The third kappa shape index (κ3) is 4.70. The minimum absolute atomic E-state index is 0.0397. The van der Waals surface area contributed by atoms with Gasteiger partial charge in [-0.1, -0.05) is 11.6 Å². The van der Waals surface area contributed by atoms with E-state index in [1.807, 2.05) is 4.98 Å². The quantitative estimate of drug-likeness (QED) is 0.749. The summed E-state index contributed by atoms with van der Waals surface area (Å²) < 4.78 is 5.66. The van der Waals surface area contributed by atoms with E-state index in [1.165, 1.54) is 0 Å². The smallest absolute Gasteiger partial charge is 0.328 e. The molecule has 0 amide bonds. The predicted octanol–water partition coefficient (Wildman–Crippen LogP) is 0.102. The molecule has 8 heteroatoms. The lowest BCUT2D eigenvalue weighted by Gasteiger charge is -2.04. The van der Waals surface area contributed by atoms with Gasteiger partial charge in [-0.3, -0.25) is 23.9 Å². The van der Waals surface area contributed by atoms with Gasteiger partial charge in [-0.15, -0.1) is 0 Å². The van der Waals surface area contributed by atoms with Crippen LogP contribution in [0.5, 0.6) is 0 Å². The topological polar surface area (TPSA) is 98.2 Å². The van der Waals surface area contributed by atoms with Crippen molar-refractivity contribution in [3.05, 3.63) is 32.1 Å². The number of halogens is 1. The number of carbonyl (C=O) groups excluding carboxylic acids is 2. The van der Waals surface area contributed by atoms with E-state index in [2.05, 4.69) is 4.74 Å². The zero-order valence-electron chi connectivity index (χ0n) is 10.3. The second kappa shape index (κ2) is 6.89. The molecule has 0 bridgehead atoms. The molecule has 0 aromatic carbocycles. The molecule has 1 aromatic rings. The predicted molar refractivity (Wildman–Crippen MR) is 67.2 cm³/mol. The molecule has 0 aliphatic carbocycles.